The lowest BCUT2D eigenvalue weighted by molar-refractivity contribution is 0.402. The van der Waals surface area contributed by atoms with Crippen LogP contribution in [0.5, 0.6) is 0 Å². The molecule has 0 radical (unpaired) electrons. The van der Waals surface area contributed by atoms with Crippen LogP contribution >= 0.6 is 11.6 Å². The van der Waals surface area contributed by atoms with Gasteiger partial charge in [-0.25, -0.2) is 8.42 Å². The average Bonchev–Trinajstić information content (AvgIpc) is 2.95. The minimum absolute atomic E-state index is 0.0850. The van der Waals surface area contributed by atoms with Gasteiger partial charge >= 0.3 is 0 Å². The van der Waals surface area contributed by atoms with E-state index in [1.54, 1.807) is 16.4 Å². The lowest BCUT2D eigenvalue weighted by Crippen LogP contribution is -2.34. The highest BCUT2D eigenvalue weighted by atomic mass is 35.5. The quantitative estimate of drug-likeness (QED) is 0.774. The third-order valence-electron chi connectivity index (χ3n) is 5.11. The van der Waals surface area contributed by atoms with Crippen LogP contribution in [0.25, 0.3) is 0 Å². The Balaban J connectivity index is 1.95. The predicted molar refractivity (Wildman–Crippen MR) is 97.9 cm³/mol. The van der Waals surface area contributed by atoms with Crippen LogP contribution in [0, 0.1) is 12.8 Å². The number of hydrogen-bond acceptors (Lipinski definition) is 2. The maximum absolute atomic E-state index is 13.0. The molecule has 24 heavy (non-hydrogen) atoms. The highest BCUT2D eigenvalue weighted by Gasteiger charge is 2.47. The Morgan fingerprint density at radius 2 is 1.75 bits per heavy atom. The van der Waals surface area contributed by atoms with E-state index in [-0.39, 0.29) is 11.3 Å². The summed E-state index contributed by atoms with van der Waals surface area (Å²) < 4.78 is 27.6. The first-order valence-corrected chi connectivity index (χ1v) is 10.0. The molecule has 2 unspecified atom stereocenters. The van der Waals surface area contributed by atoms with E-state index in [0.717, 1.165) is 11.1 Å². The first kappa shape index (κ1) is 17.5. The molecule has 1 fully saturated rings. The van der Waals surface area contributed by atoms with E-state index in [0.29, 0.717) is 23.9 Å². The summed E-state index contributed by atoms with van der Waals surface area (Å²) in [5.41, 5.74) is 1.90. The van der Waals surface area contributed by atoms with Gasteiger partial charge < -0.3 is 0 Å². The zero-order valence-electron chi connectivity index (χ0n) is 13.9. The largest absolute Gasteiger partial charge is 0.243 e. The van der Waals surface area contributed by atoms with Gasteiger partial charge in [-0.2, -0.15) is 4.31 Å². The van der Waals surface area contributed by atoms with Crippen molar-refractivity contribution in [3.05, 3.63) is 65.7 Å². The third kappa shape index (κ3) is 2.99. The number of rotatable bonds is 4. The number of alkyl halides is 1. The van der Waals surface area contributed by atoms with Crippen LogP contribution in [0.4, 0.5) is 0 Å². The van der Waals surface area contributed by atoms with E-state index >= 15 is 0 Å². The summed E-state index contributed by atoms with van der Waals surface area (Å²) in [5, 5.41) is 0. The Morgan fingerprint density at radius 3 is 2.33 bits per heavy atom. The summed E-state index contributed by atoms with van der Waals surface area (Å²) >= 11 is 6.20. The van der Waals surface area contributed by atoms with Crippen molar-refractivity contribution >= 4 is 21.6 Å². The minimum Gasteiger partial charge on any atom is -0.207 e. The van der Waals surface area contributed by atoms with Crippen LogP contribution in [0.2, 0.25) is 0 Å². The van der Waals surface area contributed by atoms with Crippen molar-refractivity contribution in [3.8, 4) is 0 Å². The van der Waals surface area contributed by atoms with Gasteiger partial charge in [0.15, 0.2) is 0 Å². The fourth-order valence-corrected chi connectivity index (χ4v) is 5.45. The molecule has 1 aliphatic rings. The van der Waals surface area contributed by atoms with Gasteiger partial charge in [-0.05, 0) is 30.5 Å². The van der Waals surface area contributed by atoms with E-state index < -0.39 is 10.0 Å². The van der Waals surface area contributed by atoms with Crippen molar-refractivity contribution in [2.75, 3.05) is 19.0 Å². The van der Waals surface area contributed by atoms with Crippen LogP contribution in [-0.2, 0) is 15.4 Å². The second-order valence-corrected chi connectivity index (χ2v) is 8.99. The molecule has 2 aromatic carbocycles. The maximum Gasteiger partial charge on any atom is 0.243 e. The predicted octanol–water partition coefficient (Wildman–Crippen LogP) is 3.81. The second kappa shape index (κ2) is 6.51. The van der Waals surface area contributed by atoms with E-state index in [2.05, 4.69) is 19.1 Å². The summed E-state index contributed by atoms with van der Waals surface area (Å²) in [4.78, 5) is 0.346. The van der Waals surface area contributed by atoms with Gasteiger partial charge in [0.1, 0.15) is 0 Å². The normalized spacial score (nSPS) is 25.0. The van der Waals surface area contributed by atoms with Crippen LogP contribution in [0.3, 0.4) is 0 Å². The van der Waals surface area contributed by atoms with Crippen LogP contribution in [0.1, 0.15) is 18.1 Å². The minimum atomic E-state index is -3.50. The molecule has 3 nitrogen and oxygen atoms in total. The summed E-state index contributed by atoms with van der Waals surface area (Å²) in [6.07, 6.45) is 0. The lowest BCUT2D eigenvalue weighted by Gasteiger charge is -2.30. The van der Waals surface area contributed by atoms with E-state index in [1.807, 2.05) is 37.3 Å². The zero-order chi connectivity index (χ0) is 17.4. The van der Waals surface area contributed by atoms with E-state index in [4.69, 9.17) is 11.6 Å². The molecule has 0 aliphatic carbocycles. The zero-order valence-corrected chi connectivity index (χ0v) is 15.5. The van der Waals surface area contributed by atoms with Gasteiger partial charge in [-0.3, -0.25) is 0 Å². The molecule has 1 aliphatic heterocycles. The molecule has 1 saturated heterocycles. The summed E-state index contributed by atoms with van der Waals surface area (Å²) in [5.74, 6) is 0.521. The van der Waals surface area contributed by atoms with E-state index in [1.165, 1.54) is 0 Å². The summed E-state index contributed by atoms with van der Waals surface area (Å²) in [7, 11) is -3.50. The molecule has 0 saturated carbocycles. The Bertz CT molecular complexity index is 805. The molecule has 5 heteroatoms. The highest BCUT2D eigenvalue weighted by molar-refractivity contribution is 7.89. The molecular weight excluding hydrogens is 342 g/mol. The highest BCUT2D eigenvalue weighted by Crippen LogP contribution is 2.41. The van der Waals surface area contributed by atoms with Crippen molar-refractivity contribution in [2.24, 2.45) is 5.92 Å². The molecule has 1 heterocycles. The smallest absolute Gasteiger partial charge is 0.207 e. The molecule has 0 aromatic heterocycles. The molecule has 128 valence electrons. The Morgan fingerprint density at radius 1 is 1.12 bits per heavy atom. The first-order valence-electron chi connectivity index (χ1n) is 8.06. The fourth-order valence-electron chi connectivity index (χ4n) is 3.41. The Hall–Kier alpha value is -1.36. The van der Waals surface area contributed by atoms with Crippen molar-refractivity contribution < 1.29 is 8.42 Å². The van der Waals surface area contributed by atoms with Crippen molar-refractivity contribution in [3.63, 3.8) is 0 Å². The Kier molecular flexibility index (Phi) is 4.73. The number of nitrogens with zero attached hydrogens (tertiary/aromatic N) is 1. The molecule has 0 amide bonds. The fraction of sp³-hybridized carbons (Fsp3) is 0.368. The first-order chi connectivity index (χ1) is 11.4. The summed E-state index contributed by atoms with van der Waals surface area (Å²) in [6, 6.07) is 17.1. The number of hydrogen-bond donors (Lipinski definition) is 0. The van der Waals surface area contributed by atoms with Gasteiger partial charge in [0.25, 0.3) is 0 Å². The van der Waals surface area contributed by atoms with Crippen LogP contribution < -0.4 is 0 Å². The third-order valence-corrected chi connectivity index (χ3v) is 7.31. The van der Waals surface area contributed by atoms with Crippen molar-refractivity contribution in [2.45, 2.75) is 24.2 Å². The molecular formula is C19H22ClNO2S. The van der Waals surface area contributed by atoms with Crippen LogP contribution in [-0.4, -0.2) is 31.7 Å². The number of sulfonamides is 1. The van der Waals surface area contributed by atoms with Gasteiger partial charge in [-0.1, -0.05) is 55.0 Å². The Labute approximate surface area is 149 Å². The van der Waals surface area contributed by atoms with Gasteiger partial charge in [0.05, 0.1) is 4.90 Å². The molecule has 3 rings (SSSR count). The number of benzene rings is 2. The van der Waals surface area contributed by atoms with E-state index in [9.17, 15) is 8.42 Å². The molecule has 0 N–H and O–H groups in total. The maximum atomic E-state index is 13.0. The van der Waals surface area contributed by atoms with Crippen LogP contribution in [0.15, 0.2) is 59.5 Å². The SMILES string of the molecule is Cc1ccc(S(=O)(=O)N2CC(CCl)C(C)(c3ccccc3)C2)cc1. The van der Waals surface area contributed by atoms with Crippen molar-refractivity contribution in [1.29, 1.82) is 0 Å². The van der Waals surface area contributed by atoms with Gasteiger partial charge in [0.2, 0.25) is 10.0 Å². The molecule has 0 bridgehead atoms. The average molecular weight is 364 g/mol. The van der Waals surface area contributed by atoms with Gasteiger partial charge in [0, 0.05) is 24.4 Å². The monoisotopic (exact) mass is 363 g/mol. The summed E-state index contributed by atoms with van der Waals surface area (Å²) in [6.45, 7) is 4.96. The second-order valence-electron chi connectivity index (χ2n) is 6.75. The number of aryl methyl sites for hydroxylation is 1. The molecule has 2 atom stereocenters. The topological polar surface area (TPSA) is 37.4 Å². The molecule has 0 spiro atoms. The van der Waals surface area contributed by atoms with Gasteiger partial charge in [-0.15, -0.1) is 11.6 Å². The lowest BCUT2D eigenvalue weighted by atomic mass is 9.75. The number of halogens is 1. The van der Waals surface area contributed by atoms with Crippen molar-refractivity contribution in [1.82, 2.24) is 4.31 Å². The molecule has 2 aromatic rings. The standard InChI is InChI=1S/C19H22ClNO2S/c1-15-8-10-18(11-9-15)24(22,23)21-13-17(12-20)19(2,14-21)16-6-4-3-5-7-16/h3-11,17H,12-14H2,1-2H3.